The number of hydrogen-bond acceptors (Lipinski definition) is 2. The van der Waals surface area contributed by atoms with Gasteiger partial charge in [-0.2, -0.15) is 5.10 Å². The highest BCUT2D eigenvalue weighted by molar-refractivity contribution is 6.29. The number of hydrazone groups is 1. The lowest BCUT2D eigenvalue weighted by atomic mass is 10.0. The van der Waals surface area contributed by atoms with Gasteiger partial charge in [0, 0.05) is 5.92 Å². The lowest BCUT2D eigenvalue weighted by Gasteiger charge is -2.09. The number of nitrogens with two attached hydrogens (primary N) is 1. The molecule has 5 heteroatoms. The van der Waals surface area contributed by atoms with Gasteiger partial charge in [-0.3, -0.25) is 0 Å². The zero-order valence-electron chi connectivity index (χ0n) is 7.42. The highest BCUT2D eigenvalue weighted by atomic mass is 35.5. The van der Waals surface area contributed by atoms with E-state index in [-0.39, 0.29) is 0 Å². The van der Waals surface area contributed by atoms with Gasteiger partial charge in [0.15, 0.2) is 0 Å². The molecule has 0 aliphatic heterocycles. The van der Waals surface area contributed by atoms with Crippen molar-refractivity contribution >= 4 is 23.3 Å². The Morgan fingerprint density at radius 1 is 1.54 bits per heavy atom. The van der Waals surface area contributed by atoms with E-state index in [0.717, 1.165) is 18.6 Å². The number of nitrogens with one attached hydrogen (secondary N) is 1. The molecule has 0 spiro atoms. The topological polar surface area (TPSA) is 67.5 Å². The molecular formula is C8H14ClN3O. The third-order valence-electron chi connectivity index (χ3n) is 2.27. The Kier molecular flexibility index (Phi) is 4.02. The third kappa shape index (κ3) is 3.22. The first-order valence-electron chi connectivity index (χ1n) is 4.42. The van der Waals surface area contributed by atoms with Crippen LogP contribution in [0.15, 0.2) is 5.10 Å². The number of carbonyl (C=O) groups is 1. The molecule has 0 saturated heterocycles. The molecule has 0 aromatic rings. The van der Waals surface area contributed by atoms with Gasteiger partial charge in [-0.15, -0.1) is 11.6 Å². The van der Waals surface area contributed by atoms with E-state index in [4.69, 9.17) is 17.3 Å². The smallest absolute Gasteiger partial charge is 0.332 e. The molecule has 1 aliphatic carbocycles. The van der Waals surface area contributed by atoms with Gasteiger partial charge in [0.2, 0.25) is 0 Å². The maximum absolute atomic E-state index is 10.4. The fourth-order valence-corrected chi connectivity index (χ4v) is 1.89. The van der Waals surface area contributed by atoms with Gasteiger partial charge in [-0.1, -0.05) is 12.8 Å². The molecule has 0 heterocycles. The van der Waals surface area contributed by atoms with Crippen LogP contribution in [-0.4, -0.2) is 17.6 Å². The minimum Gasteiger partial charge on any atom is -0.350 e. The second-order valence-electron chi connectivity index (χ2n) is 3.19. The Hall–Kier alpha value is -0.770. The van der Waals surface area contributed by atoms with Crippen molar-refractivity contribution in [3.05, 3.63) is 0 Å². The Balaban J connectivity index is 2.49. The van der Waals surface area contributed by atoms with E-state index in [1.54, 1.807) is 0 Å². The van der Waals surface area contributed by atoms with E-state index >= 15 is 0 Å². The monoisotopic (exact) mass is 203 g/mol. The molecule has 0 bridgehead atoms. The molecular weight excluding hydrogens is 190 g/mol. The van der Waals surface area contributed by atoms with Crippen LogP contribution < -0.4 is 11.2 Å². The Bertz CT molecular complexity index is 211. The maximum Gasteiger partial charge on any atom is 0.332 e. The largest absolute Gasteiger partial charge is 0.350 e. The Morgan fingerprint density at radius 2 is 2.15 bits per heavy atom. The highest BCUT2D eigenvalue weighted by Gasteiger charge is 2.20. The summed E-state index contributed by atoms with van der Waals surface area (Å²) in [5, 5.41) is 3.88. The molecule has 1 rings (SSSR count). The summed E-state index contributed by atoms with van der Waals surface area (Å²) in [5.41, 5.74) is 7.96. The number of halogens is 1. The predicted octanol–water partition coefficient (Wildman–Crippen LogP) is 1.44. The van der Waals surface area contributed by atoms with Crippen LogP contribution in [-0.2, 0) is 0 Å². The lowest BCUT2D eigenvalue weighted by Crippen LogP contribution is -2.27. The summed E-state index contributed by atoms with van der Waals surface area (Å²) in [5.74, 6) is 0.801. The molecule has 0 aromatic carbocycles. The number of urea groups is 1. The van der Waals surface area contributed by atoms with Crippen molar-refractivity contribution in [2.75, 3.05) is 5.88 Å². The zero-order chi connectivity index (χ0) is 9.68. The van der Waals surface area contributed by atoms with Crippen molar-refractivity contribution in [3.63, 3.8) is 0 Å². The molecule has 4 nitrogen and oxygen atoms in total. The molecule has 1 fully saturated rings. The van der Waals surface area contributed by atoms with E-state index in [1.807, 2.05) is 0 Å². The van der Waals surface area contributed by atoms with E-state index in [9.17, 15) is 4.79 Å². The number of hydrogen-bond donors (Lipinski definition) is 2. The maximum atomic E-state index is 10.4. The normalized spacial score (nSPS) is 19.0. The lowest BCUT2D eigenvalue weighted by molar-refractivity contribution is 0.249. The third-order valence-corrected chi connectivity index (χ3v) is 2.55. The molecule has 3 N–H and O–H groups in total. The van der Waals surface area contributed by atoms with E-state index < -0.39 is 6.03 Å². The summed E-state index contributed by atoms with van der Waals surface area (Å²) >= 11 is 5.71. The first-order valence-corrected chi connectivity index (χ1v) is 4.95. The first-order chi connectivity index (χ1) is 6.24. The average Bonchev–Trinajstić information content (AvgIpc) is 2.58. The number of carbonyl (C=O) groups excluding carboxylic acids is 1. The van der Waals surface area contributed by atoms with Gasteiger partial charge >= 0.3 is 6.03 Å². The predicted molar refractivity (Wildman–Crippen MR) is 52.8 cm³/mol. The van der Waals surface area contributed by atoms with Crippen LogP contribution in [0.2, 0.25) is 0 Å². The molecule has 2 amide bonds. The van der Waals surface area contributed by atoms with E-state index in [1.165, 1.54) is 12.8 Å². The number of nitrogens with zero attached hydrogens (tertiary/aromatic N) is 1. The molecule has 1 saturated carbocycles. The summed E-state index contributed by atoms with van der Waals surface area (Å²) < 4.78 is 0. The molecule has 0 radical (unpaired) electrons. The van der Waals surface area contributed by atoms with Gasteiger partial charge in [0.05, 0.1) is 11.6 Å². The number of alkyl halides is 1. The summed E-state index contributed by atoms with van der Waals surface area (Å²) in [6.45, 7) is 0. The number of rotatable bonds is 3. The Labute approximate surface area is 82.5 Å². The van der Waals surface area contributed by atoms with Crippen molar-refractivity contribution in [1.82, 2.24) is 5.43 Å². The Morgan fingerprint density at radius 3 is 2.62 bits per heavy atom. The molecule has 13 heavy (non-hydrogen) atoms. The molecule has 0 unspecified atom stereocenters. The molecule has 1 aliphatic rings. The SMILES string of the molecule is NC(=O)N/N=C(\CCl)C1CCCC1. The van der Waals surface area contributed by atoms with Crippen LogP contribution >= 0.6 is 11.6 Å². The molecule has 74 valence electrons. The number of amides is 2. The van der Waals surface area contributed by atoms with Crippen molar-refractivity contribution in [2.24, 2.45) is 16.8 Å². The van der Waals surface area contributed by atoms with Crippen LogP contribution in [0.25, 0.3) is 0 Å². The van der Waals surface area contributed by atoms with Gasteiger partial charge in [-0.05, 0) is 12.8 Å². The van der Waals surface area contributed by atoms with E-state index in [0.29, 0.717) is 11.8 Å². The second kappa shape index (κ2) is 5.07. The van der Waals surface area contributed by atoms with Crippen LogP contribution in [0.1, 0.15) is 25.7 Å². The summed E-state index contributed by atoms with van der Waals surface area (Å²) in [4.78, 5) is 10.4. The fourth-order valence-electron chi connectivity index (χ4n) is 1.62. The fraction of sp³-hybridized carbons (Fsp3) is 0.750. The quantitative estimate of drug-likeness (QED) is 0.407. The van der Waals surface area contributed by atoms with Crippen molar-refractivity contribution in [1.29, 1.82) is 0 Å². The molecule has 0 atom stereocenters. The summed E-state index contributed by atoms with van der Waals surface area (Å²) in [6, 6.07) is -0.638. The molecule has 0 aromatic heterocycles. The van der Waals surface area contributed by atoms with Crippen LogP contribution in [0, 0.1) is 5.92 Å². The van der Waals surface area contributed by atoms with Crippen molar-refractivity contribution in [2.45, 2.75) is 25.7 Å². The second-order valence-corrected chi connectivity index (χ2v) is 3.46. The van der Waals surface area contributed by atoms with Gasteiger partial charge in [0.1, 0.15) is 0 Å². The van der Waals surface area contributed by atoms with Crippen molar-refractivity contribution in [3.8, 4) is 0 Å². The van der Waals surface area contributed by atoms with Crippen LogP contribution in [0.3, 0.4) is 0 Å². The summed E-state index contributed by atoms with van der Waals surface area (Å²) in [6.07, 6.45) is 4.67. The first kappa shape index (κ1) is 10.3. The summed E-state index contributed by atoms with van der Waals surface area (Å²) in [7, 11) is 0. The minimum atomic E-state index is -0.638. The van der Waals surface area contributed by atoms with Gasteiger partial charge in [0.25, 0.3) is 0 Å². The standard InChI is InChI=1S/C8H14ClN3O/c9-5-7(11-12-8(10)13)6-3-1-2-4-6/h6H,1-5H2,(H3,10,12,13)/b11-7+. The average molecular weight is 204 g/mol. The van der Waals surface area contributed by atoms with Crippen molar-refractivity contribution < 1.29 is 4.79 Å². The van der Waals surface area contributed by atoms with Gasteiger partial charge in [-0.25, -0.2) is 10.2 Å². The van der Waals surface area contributed by atoms with E-state index in [2.05, 4.69) is 10.5 Å². The zero-order valence-corrected chi connectivity index (χ0v) is 8.18. The van der Waals surface area contributed by atoms with Crippen LogP contribution in [0.5, 0.6) is 0 Å². The number of primary amides is 1. The van der Waals surface area contributed by atoms with Gasteiger partial charge < -0.3 is 5.73 Å². The van der Waals surface area contributed by atoms with Crippen LogP contribution in [0.4, 0.5) is 4.79 Å². The minimum absolute atomic E-state index is 0.366. The highest BCUT2D eigenvalue weighted by Crippen LogP contribution is 2.26.